The molecule has 0 aliphatic rings. The Morgan fingerprint density at radius 1 is 0.941 bits per heavy atom. The molecule has 0 aliphatic heterocycles. The van der Waals surface area contributed by atoms with Gasteiger partial charge in [0, 0.05) is 24.8 Å². The first-order valence-electron chi connectivity index (χ1n) is 5.91. The number of carbonyl (C=O) groups excluding carboxylic acids is 3. The molecule has 0 aromatic carbocycles. The second-order valence-corrected chi connectivity index (χ2v) is 4.59. The van der Waals surface area contributed by atoms with Gasteiger partial charge in [0.2, 0.25) is 11.8 Å². The van der Waals surface area contributed by atoms with Crippen LogP contribution in [0.4, 0.5) is 0 Å². The molecule has 2 N–H and O–H groups in total. The van der Waals surface area contributed by atoms with Gasteiger partial charge >= 0.3 is 0 Å². The molecule has 0 saturated heterocycles. The van der Waals surface area contributed by atoms with E-state index in [9.17, 15) is 14.4 Å². The summed E-state index contributed by atoms with van der Waals surface area (Å²) in [6, 6.07) is 0. The molecule has 0 radical (unpaired) electrons. The standard InChI is InChI=1S/C12H22N2O3/c1-8(2)10(15)7-14-11(16)5-6-13-12(17)9(3)4/h8-9H,5-7H2,1-4H3,(H,13,17)(H,14,16). The van der Waals surface area contributed by atoms with Crippen molar-refractivity contribution < 1.29 is 14.4 Å². The highest BCUT2D eigenvalue weighted by atomic mass is 16.2. The molecule has 0 aromatic heterocycles. The van der Waals surface area contributed by atoms with E-state index in [2.05, 4.69) is 10.6 Å². The summed E-state index contributed by atoms with van der Waals surface area (Å²) < 4.78 is 0. The Morgan fingerprint density at radius 2 is 1.53 bits per heavy atom. The molecule has 0 aliphatic carbocycles. The van der Waals surface area contributed by atoms with Crippen LogP contribution in [0.1, 0.15) is 34.1 Å². The Morgan fingerprint density at radius 3 is 2.00 bits per heavy atom. The van der Waals surface area contributed by atoms with Gasteiger partial charge in [0.05, 0.1) is 6.54 Å². The van der Waals surface area contributed by atoms with Gasteiger partial charge in [0.15, 0.2) is 5.78 Å². The number of nitrogens with one attached hydrogen (secondary N) is 2. The number of ketones is 1. The van der Waals surface area contributed by atoms with Gasteiger partial charge < -0.3 is 10.6 Å². The van der Waals surface area contributed by atoms with Crippen molar-refractivity contribution in [3.05, 3.63) is 0 Å². The van der Waals surface area contributed by atoms with E-state index in [1.54, 1.807) is 27.7 Å². The highest BCUT2D eigenvalue weighted by Crippen LogP contribution is 1.93. The van der Waals surface area contributed by atoms with Crippen molar-refractivity contribution in [2.45, 2.75) is 34.1 Å². The van der Waals surface area contributed by atoms with Crippen LogP contribution in [0.15, 0.2) is 0 Å². The lowest BCUT2D eigenvalue weighted by Crippen LogP contribution is -2.35. The smallest absolute Gasteiger partial charge is 0.222 e. The lowest BCUT2D eigenvalue weighted by atomic mass is 10.1. The van der Waals surface area contributed by atoms with Gasteiger partial charge in [-0.1, -0.05) is 27.7 Å². The maximum Gasteiger partial charge on any atom is 0.222 e. The number of Topliss-reactive ketones (excluding diaryl/α,β-unsaturated/α-hetero) is 1. The first-order valence-corrected chi connectivity index (χ1v) is 5.91. The Bertz CT molecular complexity index is 285. The van der Waals surface area contributed by atoms with Crippen LogP contribution < -0.4 is 10.6 Å². The van der Waals surface area contributed by atoms with E-state index < -0.39 is 0 Å². The fourth-order valence-corrected chi connectivity index (χ4v) is 0.982. The summed E-state index contributed by atoms with van der Waals surface area (Å²) in [6.07, 6.45) is 0.198. The van der Waals surface area contributed by atoms with E-state index in [1.807, 2.05) is 0 Å². The van der Waals surface area contributed by atoms with Gasteiger partial charge in [0.1, 0.15) is 0 Å². The van der Waals surface area contributed by atoms with Gasteiger partial charge in [-0.25, -0.2) is 0 Å². The summed E-state index contributed by atoms with van der Waals surface area (Å²) in [4.78, 5) is 33.7. The second kappa shape index (κ2) is 7.81. The normalized spacial score (nSPS) is 10.5. The Hall–Kier alpha value is -1.39. The molecule has 5 heteroatoms. The van der Waals surface area contributed by atoms with E-state index in [1.165, 1.54) is 0 Å². The average Bonchev–Trinajstić information content (AvgIpc) is 2.25. The molecular formula is C12H22N2O3. The van der Waals surface area contributed by atoms with Crippen molar-refractivity contribution in [3.8, 4) is 0 Å². The molecule has 0 saturated carbocycles. The first-order chi connectivity index (χ1) is 7.84. The molecule has 98 valence electrons. The van der Waals surface area contributed by atoms with E-state index in [4.69, 9.17) is 0 Å². The van der Waals surface area contributed by atoms with Crippen LogP contribution >= 0.6 is 0 Å². The van der Waals surface area contributed by atoms with Crippen LogP contribution in [-0.4, -0.2) is 30.7 Å². The highest BCUT2D eigenvalue weighted by molar-refractivity contribution is 5.87. The van der Waals surface area contributed by atoms with E-state index in [0.29, 0.717) is 6.54 Å². The maximum atomic E-state index is 11.3. The monoisotopic (exact) mass is 242 g/mol. The van der Waals surface area contributed by atoms with Crippen molar-refractivity contribution in [1.29, 1.82) is 0 Å². The number of hydrogen-bond donors (Lipinski definition) is 2. The molecule has 5 nitrogen and oxygen atoms in total. The lowest BCUT2D eigenvalue weighted by Gasteiger charge is -2.08. The second-order valence-electron chi connectivity index (χ2n) is 4.59. The van der Waals surface area contributed by atoms with Crippen LogP contribution in [0, 0.1) is 11.8 Å². The molecule has 0 atom stereocenters. The van der Waals surface area contributed by atoms with Crippen molar-refractivity contribution in [3.63, 3.8) is 0 Å². The third-order valence-corrected chi connectivity index (χ3v) is 2.28. The number of carbonyl (C=O) groups is 3. The fourth-order valence-electron chi connectivity index (χ4n) is 0.982. The predicted octanol–water partition coefficient (Wildman–Crippen LogP) is 0.490. The largest absolute Gasteiger partial charge is 0.355 e. The summed E-state index contributed by atoms with van der Waals surface area (Å²) >= 11 is 0. The molecule has 0 aromatic rings. The van der Waals surface area contributed by atoms with Crippen LogP contribution in [0.5, 0.6) is 0 Å². The molecule has 17 heavy (non-hydrogen) atoms. The molecule has 0 fully saturated rings. The van der Waals surface area contributed by atoms with Gasteiger partial charge in [-0.15, -0.1) is 0 Å². The molecular weight excluding hydrogens is 220 g/mol. The lowest BCUT2D eigenvalue weighted by molar-refractivity contribution is -0.127. The summed E-state index contributed by atoms with van der Waals surface area (Å²) in [7, 11) is 0. The zero-order valence-electron chi connectivity index (χ0n) is 11.0. The van der Waals surface area contributed by atoms with Crippen molar-refractivity contribution in [2.75, 3.05) is 13.1 Å². The molecule has 0 heterocycles. The van der Waals surface area contributed by atoms with Gasteiger partial charge in [-0.2, -0.15) is 0 Å². The maximum absolute atomic E-state index is 11.3. The minimum atomic E-state index is -0.219. The molecule has 0 unspecified atom stereocenters. The molecule has 0 spiro atoms. The summed E-state index contributed by atoms with van der Waals surface area (Å²) in [5.74, 6) is -0.444. The quantitative estimate of drug-likeness (QED) is 0.682. The molecule has 2 amide bonds. The van der Waals surface area contributed by atoms with Crippen molar-refractivity contribution >= 4 is 17.6 Å². The SMILES string of the molecule is CC(C)C(=O)CNC(=O)CCNC(=O)C(C)C. The number of hydrogen-bond acceptors (Lipinski definition) is 3. The third-order valence-electron chi connectivity index (χ3n) is 2.28. The minimum Gasteiger partial charge on any atom is -0.355 e. The van der Waals surface area contributed by atoms with Crippen LogP contribution in [0.2, 0.25) is 0 Å². The molecule has 0 bridgehead atoms. The van der Waals surface area contributed by atoms with E-state index >= 15 is 0 Å². The summed E-state index contributed by atoms with van der Waals surface area (Å²) in [5, 5.41) is 5.17. The minimum absolute atomic E-state index is 0.00423. The zero-order valence-corrected chi connectivity index (χ0v) is 11.0. The summed E-state index contributed by atoms with van der Waals surface area (Å²) in [6.45, 7) is 7.52. The highest BCUT2D eigenvalue weighted by Gasteiger charge is 2.10. The van der Waals surface area contributed by atoms with Gasteiger partial charge in [-0.05, 0) is 0 Å². The first kappa shape index (κ1) is 15.6. The predicted molar refractivity (Wildman–Crippen MR) is 65.3 cm³/mol. The zero-order chi connectivity index (χ0) is 13.4. The molecule has 0 rings (SSSR count). The van der Waals surface area contributed by atoms with Crippen LogP contribution in [0.3, 0.4) is 0 Å². The van der Waals surface area contributed by atoms with Crippen LogP contribution in [0.25, 0.3) is 0 Å². The fraction of sp³-hybridized carbons (Fsp3) is 0.750. The van der Waals surface area contributed by atoms with Gasteiger partial charge in [-0.3, -0.25) is 14.4 Å². The summed E-state index contributed by atoms with van der Waals surface area (Å²) in [5.41, 5.74) is 0. The Kier molecular flexibility index (Phi) is 7.18. The van der Waals surface area contributed by atoms with Crippen LogP contribution in [-0.2, 0) is 14.4 Å². The van der Waals surface area contributed by atoms with Crippen molar-refractivity contribution in [2.24, 2.45) is 11.8 Å². The third kappa shape index (κ3) is 7.49. The van der Waals surface area contributed by atoms with Crippen molar-refractivity contribution in [1.82, 2.24) is 10.6 Å². The van der Waals surface area contributed by atoms with E-state index in [-0.39, 0.29) is 42.4 Å². The van der Waals surface area contributed by atoms with Gasteiger partial charge in [0.25, 0.3) is 0 Å². The number of amides is 2. The average molecular weight is 242 g/mol. The Balaban J connectivity index is 3.67. The van der Waals surface area contributed by atoms with E-state index in [0.717, 1.165) is 0 Å². The Labute approximate surface area is 102 Å². The number of rotatable bonds is 7. The topological polar surface area (TPSA) is 75.3 Å².